The van der Waals surface area contributed by atoms with Gasteiger partial charge >= 0.3 is 0 Å². The summed E-state index contributed by atoms with van der Waals surface area (Å²) in [7, 11) is 0. The maximum Gasteiger partial charge on any atom is 0.0847 e. The number of hydrogen-bond donors (Lipinski definition) is 1. The molecule has 0 saturated carbocycles. The van der Waals surface area contributed by atoms with E-state index in [1.165, 1.54) is 5.56 Å². The Morgan fingerprint density at radius 1 is 1.24 bits per heavy atom. The Kier molecular flexibility index (Phi) is 5.83. The van der Waals surface area contributed by atoms with Gasteiger partial charge in [-0.15, -0.1) is 0 Å². The van der Waals surface area contributed by atoms with E-state index in [0.717, 1.165) is 42.3 Å². The van der Waals surface area contributed by atoms with E-state index in [9.17, 15) is 0 Å². The third kappa shape index (κ3) is 3.86. The molecule has 1 N–H and O–H groups in total. The maximum atomic E-state index is 6.45. The second kappa shape index (κ2) is 7.62. The van der Waals surface area contributed by atoms with E-state index in [0.29, 0.717) is 0 Å². The van der Waals surface area contributed by atoms with Crippen LogP contribution in [0.5, 0.6) is 0 Å². The van der Waals surface area contributed by atoms with Crippen LogP contribution in [0.4, 0.5) is 0 Å². The summed E-state index contributed by atoms with van der Waals surface area (Å²) in [5, 5.41) is 8.94. The molecule has 1 heterocycles. The van der Waals surface area contributed by atoms with Crippen molar-refractivity contribution >= 4 is 11.6 Å². The highest BCUT2D eigenvalue weighted by Gasteiger charge is 2.18. The first-order valence-electron chi connectivity index (χ1n) is 7.67. The van der Waals surface area contributed by atoms with Crippen molar-refractivity contribution in [1.82, 2.24) is 15.1 Å². The molecule has 4 heteroatoms. The zero-order valence-electron chi connectivity index (χ0n) is 13.1. The number of nitrogens with one attached hydrogen (secondary N) is 1. The van der Waals surface area contributed by atoms with Gasteiger partial charge in [-0.1, -0.05) is 48.9 Å². The molecule has 0 amide bonds. The van der Waals surface area contributed by atoms with Gasteiger partial charge in [0.2, 0.25) is 0 Å². The van der Waals surface area contributed by atoms with Crippen LogP contribution in [0.2, 0.25) is 5.02 Å². The number of benzene rings is 1. The van der Waals surface area contributed by atoms with E-state index < -0.39 is 0 Å². The molecular weight excluding hydrogens is 282 g/mol. The SMILES string of the molecule is CCCNC(Cc1c(Cl)c(C)nn1CC)c1ccccc1. The summed E-state index contributed by atoms with van der Waals surface area (Å²) in [6, 6.07) is 10.8. The van der Waals surface area contributed by atoms with Crippen molar-refractivity contribution in [3.8, 4) is 0 Å². The number of nitrogens with zero attached hydrogens (tertiary/aromatic N) is 2. The van der Waals surface area contributed by atoms with E-state index in [1.807, 2.05) is 17.7 Å². The van der Waals surface area contributed by atoms with Crippen LogP contribution in [0.25, 0.3) is 0 Å². The third-order valence-corrected chi connectivity index (χ3v) is 4.18. The van der Waals surface area contributed by atoms with Crippen molar-refractivity contribution < 1.29 is 0 Å². The molecule has 0 spiro atoms. The molecule has 0 aliphatic heterocycles. The molecule has 0 saturated heterocycles. The molecular formula is C17H24ClN3. The van der Waals surface area contributed by atoms with E-state index in [-0.39, 0.29) is 6.04 Å². The van der Waals surface area contributed by atoms with Gasteiger partial charge in [-0.2, -0.15) is 5.10 Å². The highest BCUT2D eigenvalue weighted by molar-refractivity contribution is 6.31. The van der Waals surface area contributed by atoms with Gasteiger partial charge in [0, 0.05) is 19.0 Å². The topological polar surface area (TPSA) is 29.9 Å². The molecule has 1 aromatic heterocycles. The van der Waals surface area contributed by atoms with Gasteiger partial charge in [-0.3, -0.25) is 4.68 Å². The summed E-state index contributed by atoms with van der Waals surface area (Å²) < 4.78 is 2.02. The van der Waals surface area contributed by atoms with Crippen LogP contribution < -0.4 is 5.32 Å². The Hall–Kier alpha value is -1.32. The first-order valence-corrected chi connectivity index (χ1v) is 8.05. The normalized spacial score (nSPS) is 12.6. The average Bonchev–Trinajstić information content (AvgIpc) is 2.79. The first kappa shape index (κ1) is 16.1. The lowest BCUT2D eigenvalue weighted by atomic mass is 10.0. The largest absolute Gasteiger partial charge is 0.310 e. The zero-order chi connectivity index (χ0) is 15.2. The fourth-order valence-corrected chi connectivity index (χ4v) is 2.78. The van der Waals surface area contributed by atoms with Crippen LogP contribution >= 0.6 is 11.6 Å². The van der Waals surface area contributed by atoms with Crippen LogP contribution in [-0.2, 0) is 13.0 Å². The molecule has 0 bridgehead atoms. The molecule has 114 valence electrons. The average molecular weight is 306 g/mol. The second-order valence-corrected chi connectivity index (χ2v) is 5.66. The Morgan fingerprint density at radius 3 is 2.57 bits per heavy atom. The fourth-order valence-electron chi connectivity index (χ4n) is 2.57. The number of rotatable bonds is 7. The van der Waals surface area contributed by atoms with Crippen molar-refractivity contribution in [2.45, 2.75) is 46.2 Å². The molecule has 0 aliphatic carbocycles. The number of aromatic nitrogens is 2. The number of hydrogen-bond acceptors (Lipinski definition) is 2. The van der Waals surface area contributed by atoms with E-state index in [2.05, 4.69) is 48.5 Å². The molecule has 1 unspecified atom stereocenters. The third-order valence-electron chi connectivity index (χ3n) is 3.69. The predicted octanol–water partition coefficient (Wildman–Crippen LogP) is 4.15. The fraction of sp³-hybridized carbons (Fsp3) is 0.471. The predicted molar refractivity (Wildman–Crippen MR) is 88.8 cm³/mol. The van der Waals surface area contributed by atoms with E-state index >= 15 is 0 Å². The first-order chi connectivity index (χ1) is 10.2. The summed E-state index contributed by atoms with van der Waals surface area (Å²) in [6.07, 6.45) is 1.97. The van der Waals surface area contributed by atoms with Crippen LogP contribution in [0.1, 0.15) is 43.3 Å². The van der Waals surface area contributed by atoms with Gasteiger partial charge in [-0.05, 0) is 32.4 Å². The highest BCUT2D eigenvalue weighted by Crippen LogP contribution is 2.26. The lowest BCUT2D eigenvalue weighted by molar-refractivity contribution is 0.502. The molecule has 0 fully saturated rings. The minimum Gasteiger partial charge on any atom is -0.310 e. The van der Waals surface area contributed by atoms with Crippen LogP contribution in [0.3, 0.4) is 0 Å². The lowest BCUT2D eigenvalue weighted by Crippen LogP contribution is -2.25. The van der Waals surface area contributed by atoms with Gasteiger partial charge in [0.25, 0.3) is 0 Å². The van der Waals surface area contributed by atoms with Gasteiger partial charge in [0.05, 0.1) is 16.4 Å². The van der Waals surface area contributed by atoms with Gasteiger partial charge in [-0.25, -0.2) is 0 Å². The Balaban J connectivity index is 2.27. The van der Waals surface area contributed by atoms with Crippen LogP contribution in [-0.4, -0.2) is 16.3 Å². The van der Waals surface area contributed by atoms with Crippen LogP contribution in [0, 0.1) is 6.92 Å². The quantitative estimate of drug-likeness (QED) is 0.833. The van der Waals surface area contributed by atoms with E-state index in [1.54, 1.807) is 0 Å². The monoisotopic (exact) mass is 305 g/mol. The summed E-state index contributed by atoms with van der Waals surface area (Å²) in [5.74, 6) is 0. The summed E-state index contributed by atoms with van der Waals surface area (Å²) in [6.45, 7) is 8.09. The smallest absolute Gasteiger partial charge is 0.0847 e. The van der Waals surface area contributed by atoms with Crippen molar-refractivity contribution in [2.24, 2.45) is 0 Å². The molecule has 2 rings (SSSR count). The molecule has 1 atom stereocenters. The maximum absolute atomic E-state index is 6.45. The van der Waals surface area contributed by atoms with Gasteiger partial charge in [0.15, 0.2) is 0 Å². The summed E-state index contributed by atoms with van der Waals surface area (Å²) in [4.78, 5) is 0. The Bertz CT molecular complexity index is 563. The molecule has 0 radical (unpaired) electrons. The molecule has 1 aromatic carbocycles. The van der Waals surface area contributed by atoms with E-state index in [4.69, 9.17) is 11.6 Å². The zero-order valence-corrected chi connectivity index (χ0v) is 13.8. The lowest BCUT2D eigenvalue weighted by Gasteiger charge is -2.20. The molecule has 3 nitrogen and oxygen atoms in total. The minimum atomic E-state index is 0.269. The standard InChI is InChI=1S/C17H24ClN3/c1-4-11-19-15(14-9-7-6-8-10-14)12-16-17(18)13(3)20-21(16)5-2/h6-10,15,19H,4-5,11-12H2,1-3H3. The summed E-state index contributed by atoms with van der Waals surface area (Å²) in [5.41, 5.74) is 3.33. The highest BCUT2D eigenvalue weighted by atomic mass is 35.5. The van der Waals surface area contributed by atoms with Crippen molar-refractivity contribution in [3.63, 3.8) is 0 Å². The second-order valence-electron chi connectivity index (χ2n) is 5.28. The van der Waals surface area contributed by atoms with Crippen molar-refractivity contribution in [3.05, 3.63) is 52.3 Å². The Morgan fingerprint density at radius 2 is 1.95 bits per heavy atom. The Labute approximate surface area is 132 Å². The van der Waals surface area contributed by atoms with Gasteiger partial charge < -0.3 is 5.32 Å². The van der Waals surface area contributed by atoms with Gasteiger partial charge in [0.1, 0.15) is 0 Å². The minimum absolute atomic E-state index is 0.269. The van der Waals surface area contributed by atoms with Crippen molar-refractivity contribution in [1.29, 1.82) is 0 Å². The van der Waals surface area contributed by atoms with Crippen LogP contribution in [0.15, 0.2) is 30.3 Å². The number of halogens is 1. The summed E-state index contributed by atoms with van der Waals surface area (Å²) >= 11 is 6.45. The molecule has 2 aromatic rings. The number of aryl methyl sites for hydroxylation is 2. The van der Waals surface area contributed by atoms with Crippen molar-refractivity contribution in [2.75, 3.05) is 6.54 Å². The molecule has 0 aliphatic rings. The molecule has 21 heavy (non-hydrogen) atoms.